The summed E-state index contributed by atoms with van der Waals surface area (Å²) < 4.78 is 63.8. The minimum Gasteiger partial charge on any atom is -0.312 e. The van der Waals surface area contributed by atoms with Gasteiger partial charge in [0, 0.05) is 85.4 Å². The van der Waals surface area contributed by atoms with E-state index in [1.165, 1.54) is 44.9 Å². The van der Waals surface area contributed by atoms with Crippen molar-refractivity contribution in [1.82, 2.24) is 0 Å². The minimum atomic E-state index is -3.07. The molecule has 0 aliphatic carbocycles. The topological polar surface area (TPSA) is 9.72 Å². The van der Waals surface area contributed by atoms with E-state index in [0.717, 1.165) is 109 Å². The molecule has 410 valence electrons. The predicted molar refractivity (Wildman–Crippen MR) is 360 cm³/mol. The Morgan fingerprint density at radius 1 is 0.395 bits per heavy atom. The summed E-state index contributed by atoms with van der Waals surface area (Å²) in [6, 6.07) is 37.4. The molecule has 0 radical (unpaired) electrons. The first-order valence-corrected chi connectivity index (χ1v) is 31.2. The van der Waals surface area contributed by atoms with Gasteiger partial charge in [0.15, 0.2) is 0 Å². The lowest BCUT2D eigenvalue weighted by atomic mass is 9.27. The van der Waals surface area contributed by atoms with Crippen LogP contribution in [-0.2, 0) is 37.9 Å². The van der Waals surface area contributed by atoms with E-state index in [1.54, 1.807) is 0 Å². The molecule has 0 fully saturated rings. The molecule has 7 aromatic carbocycles. The SMILES string of the molecule is [2H]C([2H])([2H])C1(C([2H])([2H])[2H])c2c3c(cc4c(C(C)(C)C)csc24)B2c4cc(C(C)(C)C)ccc4N(c4ccc(C(C)(C)C)cc4)c4c(C)c5c6c(c42)N3c2c(cc3c(C(C)(C)C)csc3c21)B6c1cc(C(C)(C)C)ccc1N5c1ccc(C(C)(C)C)cc1. The van der Waals surface area contributed by atoms with Crippen molar-refractivity contribution in [3.63, 3.8) is 0 Å². The summed E-state index contributed by atoms with van der Waals surface area (Å²) in [6.45, 7) is 36.0. The van der Waals surface area contributed by atoms with Crippen LogP contribution in [0.25, 0.3) is 20.2 Å². The molecule has 0 spiro atoms. The molecule has 0 saturated carbocycles. The van der Waals surface area contributed by atoms with Crippen molar-refractivity contribution in [1.29, 1.82) is 0 Å². The first kappa shape index (κ1) is 46.5. The third-order valence-corrected chi connectivity index (χ3v) is 21.0. The summed E-state index contributed by atoms with van der Waals surface area (Å²) in [4.78, 5) is 7.56. The highest BCUT2D eigenvalue weighted by Crippen LogP contribution is 2.62. The van der Waals surface area contributed by atoms with Crippen LogP contribution in [0.2, 0.25) is 0 Å². The van der Waals surface area contributed by atoms with Gasteiger partial charge in [-0.3, -0.25) is 0 Å². The summed E-state index contributed by atoms with van der Waals surface area (Å²) >= 11 is 3.04. The van der Waals surface area contributed by atoms with E-state index in [4.69, 9.17) is 0 Å². The van der Waals surface area contributed by atoms with E-state index in [2.05, 4.69) is 254 Å². The van der Waals surface area contributed by atoms with Crippen LogP contribution < -0.4 is 47.5 Å². The third kappa shape index (κ3) is 7.25. The first-order chi connectivity index (χ1) is 40.2. The van der Waals surface area contributed by atoms with E-state index in [-0.39, 0.29) is 32.5 Å². The smallest absolute Gasteiger partial charge is 0.252 e. The van der Waals surface area contributed by atoms with E-state index in [1.807, 2.05) is 0 Å². The molecule has 9 aromatic rings. The standard InChI is InChI=1S/C74H81B2N3S2/c1-40-61-59-65-60-62(40)78(46-30-24-42(25-31-46)69(5,6)7)56-33-27-44(71(11,12)13)35-52(56)76(60)54-37-48-50(73(17,18)19)39-81-67(48)58-64(54)79(65)63-53(36-47-49(72(14,15)16)38-80-66(47)57(63)74(58,20)21)75(59)51-34-43(70(8,9)10)26-32-55(51)77(61)45-28-22-41(23-29-45)68(2,3)4/h22-39H,1-21H3/i20D3,21D3. The molecule has 0 atom stereocenters. The van der Waals surface area contributed by atoms with Gasteiger partial charge < -0.3 is 14.7 Å². The Balaban J connectivity index is 1.28. The Labute approximate surface area is 501 Å². The summed E-state index contributed by atoms with van der Waals surface area (Å²) in [5, 5.41) is 6.24. The van der Waals surface area contributed by atoms with Crippen molar-refractivity contribution in [3.8, 4) is 0 Å². The molecular formula is C74H81B2N3S2. The highest BCUT2D eigenvalue weighted by atomic mass is 32.1. The number of fused-ring (bicyclic) bond motifs is 10. The largest absolute Gasteiger partial charge is 0.312 e. The lowest BCUT2D eigenvalue weighted by Gasteiger charge is -2.56. The van der Waals surface area contributed by atoms with Crippen LogP contribution in [-0.4, -0.2) is 13.4 Å². The summed E-state index contributed by atoms with van der Waals surface area (Å²) in [6.07, 6.45) is 0. The maximum absolute atomic E-state index is 10.4. The number of benzene rings is 7. The van der Waals surface area contributed by atoms with Gasteiger partial charge in [-0.25, -0.2) is 0 Å². The van der Waals surface area contributed by atoms with Crippen molar-refractivity contribution in [2.75, 3.05) is 14.7 Å². The number of rotatable bonds is 2. The molecule has 0 unspecified atom stereocenters. The average Bonchev–Trinajstić information content (AvgIpc) is 1.40. The molecule has 7 heterocycles. The second kappa shape index (κ2) is 16.4. The Morgan fingerprint density at radius 2 is 0.753 bits per heavy atom. The molecule has 14 rings (SSSR count). The fourth-order valence-electron chi connectivity index (χ4n) is 14.7. The molecule has 0 saturated heterocycles. The third-order valence-electron chi connectivity index (χ3n) is 19.0. The molecule has 2 aromatic heterocycles. The Bertz CT molecular complexity index is 4180. The van der Waals surface area contributed by atoms with Crippen molar-refractivity contribution in [2.24, 2.45) is 0 Å². The van der Waals surface area contributed by atoms with Gasteiger partial charge in [-0.15, -0.1) is 22.7 Å². The van der Waals surface area contributed by atoms with Gasteiger partial charge in [0.1, 0.15) is 0 Å². The fraction of sp³-hybridized carbons (Fsp3) is 0.378. The lowest BCUT2D eigenvalue weighted by Crippen LogP contribution is -2.70. The van der Waals surface area contributed by atoms with Gasteiger partial charge in [0.25, 0.3) is 13.4 Å². The van der Waals surface area contributed by atoms with E-state index in [0.29, 0.717) is 22.5 Å². The van der Waals surface area contributed by atoms with Gasteiger partial charge in [0.05, 0.1) is 0 Å². The van der Waals surface area contributed by atoms with Crippen LogP contribution in [0.3, 0.4) is 0 Å². The quantitative estimate of drug-likeness (QED) is 0.160. The predicted octanol–water partition coefficient (Wildman–Crippen LogP) is 17.5. The summed E-state index contributed by atoms with van der Waals surface area (Å²) in [5.74, 6) is 0. The molecule has 0 N–H and O–H groups in total. The molecule has 7 heteroatoms. The zero-order chi connectivity index (χ0) is 62.7. The lowest BCUT2D eigenvalue weighted by molar-refractivity contribution is 0.590. The maximum atomic E-state index is 10.4. The Kier molecular flexibility index (Phi) is 9.41. The van der Waals surface area contributed by atoms with Gasteiger partial charge in [-0.2, -0.15) is 0 Å². The van der Waals surface area contributed by atoms with Crippen LogP contribution in [0.5, 0.6) is 0 Å². The van der Waals surface area contributed by atoms with Crippen molar-refractivity contribution in [3.05, 3.63) is 158 Å². The molecule has 81 heavy (non-hydrogen) atoms. The van der Waals surface area contributed by atoms with Gasteiger partial charge >= 0.3 is 0 Å². The Morgan fingerprint density at radius 3 is 1.09 bits per heavy atom. The highest BCUT2D eigenvalue weighted by molar-refractivity contribution is 7.18. The minimum absolute atomic E-state index is 0.0821. The number of hydrogen-bond acceptors (Lipinski definition) is 5. The molecule has 5 aliphatic heterocycles. The van der Waals surface area contributed by atoms with Crippen molar-refractivity contribution < 1.29 is 8.22 Å². The summed E-state index contributed by atoms with van der Waals surface area (Å²) in [7, 11) is 0. The van der Waals surface area contributed by atoms with Gasteiger partial charge in [0.2, 0.25) is 0 Å². The maximum Gasteiger partial charge on any atom is 0.252 e. The van der Waals surface area contributed by atoms with Crippen LogP contribution >= 0.6 is 22.7 Å². The van der Waals surface area contributed by atoms with Crippen molar-refractivity contribution >= 4 is 140 Å². The van der Waals surface area contributed by atoms with Crippen LogP contribution in [0.15, 0.2) is 108 Å². The average molecular weight is 1100 g/mol. The number of hydrogen-bond donors (Lipinski definition) is 0. The zero-order valence-corrected chi connectivity index (χ0v) is 52.8. The first-order valence-electron chi connectivity index (χ1n) is 32.5. The van der Waals surface area contributed by atoms with Crippen molar-refractivity contribution in [2.45, 2.75) is 183 Å². The van der Waals surface area contributed by atoms with E-state index >= 15 is 0 Å². The van der Waals surface area contributed by atoms with Gasteiger partial charge in [-0.05, 0) is 169 Å². The van der Waals surface area contributed by atoms with Crippen LogP contribution in [0.1, 0.15) is 197 Å². The second-order valence-corrected chi connectivity index (χ2v) is 32.5. The van der Waals surface area contributed by atoms with E-state index < -0.39 is 32.5 Å². The Hall–Kier alpha value is -6.01. The highest BCUT2D eigenvalue weighted by Gasteiger charge is 2.58. The molecule has 5 aliphatic rings. The molecule has 0 bridgehead atoms. The molecule has 3 nitrogen and oxygen atoms in total. The number of thiophene rings is 2. The molecule has 0 amide bonds. The normalized spacial score (nSPS) is 17.3. The monoisotopic (exact) mass is 1100 g/mol. The second-order valence-electron chi connectivity index (χ2n) is 30.7. The number of anilines is 9. The zero-order valence-electron chi connectivity index (χ0n) is 57.2. The van der Waals surface area contributed by atoms with Crippen LogP contribution in [0.4, 0.5) is 51.2 Å². The van der Waals surface area contributed by atoms with Gasteiger partial charge in [-0.1, -0.05) is 199 Å². The van der Waals surface area contributed by atoms with E-state index in [9.17, 15) is 8.22 Å². The van der Waals surface area contributed by atoms with Crippen LogP contribution in [0, 0.1) is 6.92 Å². The number of nitrogens with zero attached hydrogens (tertiary/aromatic N) is 3. The molecular weight excluding hydrogens is 1020 g/mol. The summed E-state index contributed by atoms with van der Waals surface area (Å²) in [5.41, 5.74) is 20.3. The fourth-order valence-corrected chi connectivity index (χ4v) is 17.5.